The molecule has 6 heteroatoms. The molecule has 1 rings (SSSR count). The van der Waals surface area contributed by atoms with E-state index in [1.54, 1.807) is 18.2 Å². The van der Waals surface area contributed by atoms with Crippen LogP contribution in [0.2, 0.25) is 4.34 Å². The Bertz CT molecular complexity index is 508. The van der Waals surface area contributed by atoms with Gasteiger partial charge >= 0.3 is 0 Å². The largest absolute Gasteiger partial charge is 0.223 e. The van der Waals surface area contributed by atoms with E-state index in [1.165, 1.54) is 17.4 Å². The van der Waals surface area contributed by atoms with Gasteiger partial charge in [-0.05, 0) is 18.2 Å². The van der Waals surface area contributed by atoms with E-state index in [0.29, 0.717) is 9.21 Å². The summed E-state index contributed by atoms with van der Waals surface area (Å²) in [6.07, 6.45) is 2.31. The average Bonchev–Trinajstić information content (AvgIpc) is 2.45. The minimum Gasteiger partial charge on any atom is -0.223 e. The second-order valence-corrected chi connectivity index (χ2v) is 6.27. The van der Waals surface area contributed by atoms with Crippen molar-refractivity contribution in [1.29, 1.82) is 5.26 Å². The van der Waals surface area contributed by atoms with Crippen LogP contribution in [0.3, 0.4) is 0 Å². The van der Waals surface area contributed by atoms with Gasteiger partial charge in [-0.2, -0.15) is 5.26 Å². The molecule has 0 spiro atoms. The summed E-state index contributed by atoms with van der Waals surface area (Å²) in [5.74, 6) is 0. The zero-order valence-corrected chi connectivity index (χ0v) is 9.58. The maximum atomic E-state index is 11.1. The van der Waals surface area contributed by atoms with Gasteiger partial charge in [-0.15, -0.1) is 11.3 Å². The van der Waals surface area contributed by atoms with Crippen molar-refractivity contribution < 1.29 is 8.42 Å². The molecule has 3 nitrogen and oxygen atoms in total. The SMILES string of the molecule is CS(=O)(=O)/C(C#N)=C/c1ccc(Cl)s1. The van der Waals surface area contributed by atoms with Gasteiger partial charge in [0.25, 0.3) is 0 Å². The van der Waals surface area contributed by atoms with E-state index in [1.807, 2.05) is 0 Å². The van der Waals surface area contributed by atoms with Crippen molar-refractivity contribution in [2.45, 2.75) is 0 Å². The Kier molecular flexibility index (Phi) is 3.32. The van der Waals surface area contributed by atoms with E-state index >= 15 is 0 Å². The summed E-state index contributed by atoms with van der Waals surface area (Å²) in [5.41, 5.74) is 0. The van der Waals surface area contributed by atoms with Crippen molar-refractivity contribution in [1.82, 2.24) is 0 Å². The number of halogens is 1. The molecule has 0 N–H and O–H groups in total. The van der Waals surface area contributed by atoms with Crippen LogP contribution in [0.25, 0.3) is 6.08 Å². The number of sulfone groups is 1. The highest BCUT2D eigenvalue weighted by Crippen LogP contribution is 2.24. The molecule has 0 fully saturated rings. The molecule has 0 aliphatic rings. The lowest BCUT2D eigenvalue weighted by Crippen LogP contribution is -1.97. The second kappa shape index (κ2) is 4.13. The molecular weight excluding hydrogens is 242 g/mol. The highest BCUT2D eigenvalue weighted by Gasteiger charge is 2.10. The number of allylic oxidation sites excluding steroid dienone is 1. The number of thiophene rings is 1. The number of nitrogens with zero attached hydrogens (tertiary/aromatic N) is 1. The van der Waals surface area contributed by atoms with E-state index < -0.39 is 9.84 Å². The summed E-state index contributed by atoms with van der Waals surface area (Å²) >= 11 is 6.88. The Morgan fingerprint density at radius 3 is 2.64 bits per heavy atom. The lowest BCUT2D eigenvalue weighted by Gasteiger charge is -1.91. The van der Waals surface area contributed by atoms with E-state index in [2.05, 4.69) is 0 Å². The topological polar surface area (TPSA) is 57.9 Å². The molecule has 0 amide bonds. The summed E-state index contributed by atoms with van der Waals surface area (Å²) < 4.78 is 22.7. The highest BCUT2D eigenvalue weighted by atomic mass is 35.5. The Labute approximate surface area is 91.2 Å². The summed E-state index contributed by atoms with van der Waals surface area (Å²) in [5, 5.41) is 8.60. The maximum Gasteiger partial charge on any atom is 0.185 e. The molecule has 0 aromatic carbocycles. The van der Waals surface area contributed by atoms with Crippen LogP contribution in [0.4, 0.5) is 0 Å². The van der Waals surface area contributed by atoms with Gasteiger partial charge in [0.05, 0.1) is 4.34 Å². The van der Waals surface area contributed by atoms with Crippen LogP contribution in [-0.4, -0.2) is 14.7 Å². The smallest absolute Gasteiger partial charge is 0.185 e. The minimum absolute atomic E-state index is 0.254. The molecule has 0 atom stereocenters. The normalized spacial score (nSPS) is 12.5. The van der Waals surface area contributed by atoms with E-state index in [-0.39, 0.29) is 4.91 Å². The Hall–Kier alpha value is -0.830. The van der Waals surface area contributed by atoms with Gasteiger partial charge in [0.15, 0.2) is 9.84 Å². The molecule has 0 aliphatic heterocycles. The predicted molar refractivity (Wildman–Crippen MR) is 57.8 cm³/mol. The maximum absolute atomic E-state index is 11.1. The molecular formula is C8H6ClNO2S2. The summed E-state index contributed by atoms with van der Waals surface area (Å²) in [6.45, 7) is 0. The van der Waals surface area contributed by atoms with Gasteiger partial charge in [0.2, 0.25) is 0 Å². The monoisotopic (exact) mass is 247 g/mol. The predicted octanol–water partition coefficient (Wildman–Crippen LogP) is 2.31. The molecule has 14 heavy (non-hydrogen) atoms. The molecule has 0 radical (unpaired) electrons. The zero-order valence-electron chi connectivity index (χ0n) is 7.19. The van der Waals surface area contributed by atoms with Crippen molar-refractivity contribution in [2.75, 3.05) is 6.26 Å². The van der Waals surface area contributed by atoms with Gasteiger partial charge in [-0.1, -0.05) is 11.6 Å². The van der Waals surface area contributed by atoms with Crippen molar-refractivity contribution in [2.24, 2.45) is 0 Å². The first kappa shape index (κ1) is 11.2. The first-order chi connectivity index (χ1) is 6.43. The van der Waals surface area contributed by atoms with Gasteiger partial charge in [-0.25, -0.2) is 8.42 Å². The average molecular weight is 248 g/mol. The van der Waals surface area contributed by atoms with Crippen LogP contribution in [0.1, 0.15) is 4.88 Å². The molecule has 0 aliphatic carbocycles. The van der Waals surface area contributed by atoms with Crippen LogP contribution in [0.15, 0.2) is 17.0 Å². The highest BCUT2D eigenvalue weighted by molar-refractivity contribution is 7.95. The molecule has 1 heterocycles. The van der Waals surface area contributed by atoms with Gasteiger partial charge < -0.3 is 0 Å². The molecule has 0 unspecified atom stereocenters. The molecule has 0 saturated heterocycles. The van der Waals surface area contributed by atoms with Crippen LogP contribution < -0.4 is 0 Å². The molecule has 0 saturated carbocycles. The summed E-state index contributed by atoms with van der Waals surface area (Å²) in [6, 6.07) is 4.95. The van der Waals surface area contributed by atoms with Gasteiger partial charge in [0, 0.05) is 11.1 Å². The fraction of sp³-hybridized carbons (Fsp3) is 0.125. The zero-order chi connectivity index (χ0) is 10.8. The van der Waals surface area contributed by atoms with Crippen molar-refractivity contribution in [3.8, 4) is 6.07 Å². The van der Waals surface area contributed by atoms with Gasteiger partial charge in [-0.3, -0.25) is 0 Å². The number of rotatable bonds is 2. The fourth-order valence-corrected chi connectivity index (χ4v) is 2.34. The third-order valence-corrected chi connectivity index (χ3v) is 3.56. The Morgan fingerprint density at radius 2 is 2.29 bits per heavy atom. The fourth-order valence-electron chi connectivity index (χ4n) is 0.757. The second-order valence-electron chi connectivity index (χ2n) is 2.53. The first-order valence-electron chi connectivity index (χ1n) is 3.50. The van der Waals surface area contributed by atoms with Crippen molar-refractivity contribution >= 4 is 38.9 Å². The van der Waals surface area contributed by atoms with Crippen LogP contribution in [0, 0.1) is 11.3 Å². The Balaban J connectivity index is 3.16. The molecule has 1 aromatic heterocycles. The van der Waals surface area contributed by atoms with Gasteiger partial charge in [0.1, 0.15) is 11.0 Å². The third-order valence-electron chi connectivity index (χ3n) is 1.38. The minimum atomic E-state index is -3.44. The summed E-state index contributed by atoms with van der Waals surface area (Å²) in [7, 11) is -3.44. The molecule has 0 bridgehead atoms. The summed E-state index contributed by atoms with van der Waals surface area (Å²) in [4.78, 5) is 0.396. The number of hydrogen-bond acceptors (Lipinski definition) is 4. The standard InChI is InChI=1S/C8H6ClNO2S2/c1-14(11,12)7(5-10)4-6-2-3-8(9)13-6/h2-4H,1H3/b7-4+. The third kappa shape index (κ3) is 2.84. The number of hydrogen-bond donors (Lipinski definition) is 0. The van der Waals surface area contributed by atoms with Crippen molar-refractivity contribution in [3.05, 3.63) is 26.3 Å². The van der Waals surface area contributed by atoms with Crippen LogP contribution in [-0.2, 0) is 9.84 Å². The molecule has 1 aromatic rings. The van der Waals surface area contributed by atoms with E-state index in [9.17, 15) is 8.42 Å². The first-order valence-corrected chi connectivity index (χ1v) is 6.59. The number of nitriles is 1. The van der Waals surface area contributed by atoms with Crippen LogP contribution in [0.5, 0.6) is 0 Å². The molecule has 74 valence electrons. The van der Waals surface area contributed by atoms with Crippen LogP contribution >= 0.6 is 22.9 Å². The van der Waals surface area contributed by atoms with E-state index in [4.69, 9.17) is 16.9 Å². The quantitative estimate of drug-likeness (QED) is 0.754. The lowest BCUT2D eigenvalue weighted by atomic mass is 10.4. The van der Waals surface area contributed by atoms with E-state index in [0.717, 1.165) is 6.26 Å². The Morgan fingerprint density at radius 1 is 1.64 bits per heavy atom. The van der Waals surface area contributed by atoms with Crippen molar-refractivity contribution in [3.63, 3.8) is 0 Å². The lowest BCUT2D eigenvalue weighted by molar-refractivity contribution is 0.609.